The third-order valence-electron chi connectivity index (χ3n) is 3.55. The molecule has 0 saturated carbocycles. The van der Waals surface area contributed by atoms with Crippen LogP contribution in [0.15, 0.2) is 46.3 Å². The van der Waals surface area contributed by atoms with E-state index in [9.17, 15) is 9.18 Å². The second-order valence-electron chi connectivity index (χ2n) is 5.16. The Morgan fingerprint density at radius 2 is 2.04 bits per heavy atom. The summed E-state index contributed by atoms with van der Waals surface area (Å²) in [6.45, 7) is 0. The first-order valence-electron chi connectivity index (χ1n) is 7.46. The van der Waals surface area contributed by atoms with Gasteiger partial charge in [-0.2, -0.15) is 0 Å². The van der Waals surface area contributed by atoms with Gasteiger partial charge in [0.1, 0.15) is 16.5 Å². The molecule has 26 heavy (non-hydrogen) atoms. The van der Waals surface area contributed by atoms with Crippen molar-refractivity contribution in [3.05, 3.63) is 57.8 Å². The fourth-order valence-electron chi connectivity index (χ4n) is 2.33. The van der Waals surface area contributed by atoms with E-state index in [0.717, 1.165) is 0 Å². The smallest absolute Gasteiger partial charge is 0.275 e. The minimum absolute atomic E-state index is 0.0895. The number of halogens is 2. The van der Waals surface area contributed by atoms with E-state index in [-0.39, 0.29) is 11.4 Å². The van der Waals surface area contributed by atoms with Crippen LogP contribution in [-0.2, 0) is 0 Å². The maximum atomic E-state index is 13.9. The van der Waals surface area contributed by atoms with Gasteiger partial charge in [0.05, 0.1) is 25.5 Å². The van der Waals surface area contributed by atoms with Gasteiger partial charge >= 0.3 is 0 Å². The van der Waals surface area contributed by atoms with Gasteiger partial charge in [-0.05, 0) is 30.3 Å². The molecule has 8 heteroatoms. The third-order valence-corrected chi connectivity index (χ3v) is 4.92. The molecule has 0 atom stereocenters. The Hall–Kier alpha value is -2.45. The first-order valence-corrected chi connectivity index (χ1v) is 9.14. The van der Waals surface area contributed by atoms with E-state index in [1.54, 1.807) is 31.7 Å². The van der Waals surface area contributed by atoms with E-state index >= 15 is 0 Å². The number of methoxy groups -OCH3 is 2. The fourth-order valence-corrected chi connectivity index (χ4v) is 3.49. The zero-order valence-corrected chi connectivity index (χ0v) is 16.3. The van der Waals surface area contributed by atoms with Crippen LogP contribution in [0.4, 0.5) is 10.1 Å². The Morgan fingerprint density at radius 1 is 1.23 bits per heavy atom. The van der Waals surface area contributed by atoms with Crippen LogP contribution in [0.2, 0.25) is 0 Å². The van der Waals surface area contributed by atoms with Crippen molar-refractivity contribution in [3.8, 4) is 22.1 Å². The Morgan fingerprint density at radius 3 is 2.73 bits per heavy atom. The number of carbonyl (C=O) groups excluding carboxylic acids is 1. The van der Waals surface area contributed by atoms with Gasteiger partial charge in [-0.3, -0.25) is 4.79 Å². The summed E-state index contributed by atoms with van der Waals surface area (Å²) < 4.78 is 25.2. The summed E-state index contributed by atoms with van der Waals surface area (Å²) >= 11 is 4.46. The maximum absolute atomic E-state index is 13.9. The molecule has 3 aromatic rings. The number of aromatic nitrogens is 1. The van der Waals surface area contributed by atoms with E-state index in [4.69, 9.17) is 9.47 Å². The molecule has 134 valence electrons. The first kappa shape index (κ1) is 18.3. The summed E-state index contributed by atoms with van der Waals surface area (Å²) in [5.74, 6) is 0.0895. The Labute approximate surface area is 161 Å². The number of hydrogen-bond acceptors (Lipinski definition) is 5. The predicted molar refractivity (Wildman–Crippen MR) is 103 cm³/mol. The van der Waals surface area contributed by atoms with Gasteiger partial charge in [0, 0.05) is 9.85 Å². The summed E-state index contributed by atoms with van der Waals surface area (Å²) in [5, 5.41) is 4.73. The van der Waals surface area contributed by atoms with Crippen molar-refractivity contribution in [1.82, 2.24) is 4.98 Å². The molecule has 0 fully saturated rings. The zero-order chi connectivity index (χ0) is 18.7. The first-order chi connectivity index (χ1) is 12.5. The average molecular weight is 437 g/mol. The van der Waals surface area contributed by atoms with Crippen LogP contribution in [0.5, 0.6) is 11.5 Å². The number of ether oxygens (including phenoxy) is 2. The molecule has 0 aliphatic heterocycles. The van der Waals surface area contributed by atoms with E-state index in [0.29, 0.717) is 26.5 Å². The van der Waals surface area contributed by atoms with Crippen LogP contribution < -0.4 is 14.8 Å². The zero-order valence-electron chi connectivity index (χ0n) is 13.9. The van der Waals surface area contributed by atoms with Gasteiger partial charge in [-0.15, -0.1) is 11.3 Å². The summed E-state index contributed by atoms with van der Waals surface area (Å²) in [7, 11) is 3.09. The highest BCUT2D eigenvalue weighted by atomic mass is 79.9. The number of anilines is 1. The SMILES string of the molecule is COc1cccc(-c2nc(C(=O)Nc3ccc(Br)cc3F)cs2)c1OC. The highest BCUT2D eigenvalue weighted by Crippen LogP contribution is 2.39. The lowest BCUT2D eigenvalue weighted by atomic mass is 10.2. The van der Waals surface area contributed by atoms with E-state index in [1.165, 1.54) is 23.5 Å². The molecular formula is C18H14BrFN2O3S. The van der Waals surface area contributed by atoms with Gasteiger partial charge in [0.2, 0.25) is 0 Å². The standard InChI is InChI=1S/C18H14BrFN2O3S/c1-24-15-5-3-4-11(16(15)25-2)18-22-14(9-26-18)17(23)21-13-7-6-10(19)8-12(13)20/h3-9H,1-2H3,(H,21,23). The van der Waals surface area contributed by atoms with Gasteiger partial charge in [-0.25, -0.2) is 9.37 Å². The lowest BCUT2D eigenvalue weighted by molar-refractivity contribution is 0.102. The minimum Gasteiger partial charge on any atom is -0.493 e. The van der Waals surface area contributed by atoms with Crippen LogP contribution in [0.3, 0.4) is 0 Å². The summed E-state index contributed by atoms with van der Waals surface area (Å²) in [5.41, 5.74) is 0.995. The van der Waals surface area contributed by atoms with Gasteiger partial charge in [-0.1, -0.05) is 22.0 Å². The molecule has 0 saturated heterocycles. The highest BCUT2D eigenvalue weighted by molar-refractivity contribution is 9.10. The normalized spacial score (nSPS) is 10.5. The molecule has 1 amide bonds. The monoisotopic (exact) mass is 436 g/mol. The van der Waals surface area contributed by atoms with Crippen LogP contribution in [0, 0.1) is 5.82 Å². The number of thiazole rings is 1. The number of benzene rings is 2. The molecule has 0 bridgehead atoms. The van der Waals surface area contributed by atoms with Crippen molar-refractivity contribution < 1.29 is 18.7 Å². The molecule has 0 radical (unpaired) electrons. The number of nitrogens with zero attached hydrogens (tertiary/aromatic N) is 1. The van der Waals surface area contributed by atoms with Gasteiger partial charge < -0.3 is 14.8 Å². The van der Waals surface area contributed by atoms with E-state index < -0.39 is 11.7 Å². The number of nitrogens with one attached hydrogen (secondary N) is 1. The topological polar surface area (TPSA) is 60.5 Å². The lowest BCUT2D eigenvalue weighted by Crippen LogP contribution is -2.13. The second kappa shape index (κ2) is 7.84. The largest absolute Gasteiger partial charge is 0.493 e. The number of amides is 1. The van der Waals surface area contributed by atoms with E-state index in [2.05, 4.69) is 26.2 Å². The lowest BCUT2D eigenvalue weighted by Gasteiger charge is -2.10. The minimum atomic E-state index is -0.530. The van der Waals surface area contributed by atoms with Crippen molar-refractivity contribution in [2.75, 3.05) is 19.5 Å². The van der Waals surface area contributed by atoms with E-state index in [1.807, 2.05) is 12.1 Å². The molecular weight excluding hydrogens is 423 g/mol. The summed E-state index contributed by atoms with van der Waals surface area (Å²) in [4.78, 5) is 16.7. The Balaban J connectivity index is 1.87. The highest BCUT2D eigenvalue weighted by Gasteiger charge is 2.18. The summed E-state index contributed by atoms with van der Waals surface area (Å²) in [6, 6.07) is 9.83. The Kier molecular flexibility index (Phi) is 5.53. The molecule has 3 rings (SSSR count). The predicted octanol–water partition coefficient (Wildman–Crippen LogP) is 4.98. The quantitative estimate of drug-likeness (QED) is 0.612. The molecule has 0 unspecified atom stereocenters. The molecule has 1 aromatic heterocycles. The second-order valence-corrected chi connectivity index (χ2v) is 6.93. The number of rotatable bonds is 5. The van der Waals surface area contributed by atoms with Crippen LogP contribution in [0.1, 0.15) is 10.5 Å². The summed E-state index contributed by atoms with van der Waals surface area (Å²) in [6.07, 6.45) is 0. The molecule has 0 aliphatic carbocycles. The Bertz CT molecular complexity index is 961. The van der Waals surface area contributed by atoms with Crippen molar-refractivity contribution in [3.63, 3.8) is 0 Å². The number of para-hydroxylation sites is 1. The van der Waals surface area contributed by atoms with Crippen LogP contribution in [-0.4, -0.2) is 25.1 Å². The fraction of sp³-hybridized carbons (Fsp3) is 0.111. The third kappa shape index (κ3) is 3.71. The average Bonchev–Trinajstić information content (AvgIpc) is 3.13. The van der Waals surface area contributed by atoms with Gasteiger partial charge in [0.25, 0.3) is 5.91 Å². The number of hydrogen-bond donors (Lipinski definition) is 1. The van der Waals surface area contributed by atoms with Crippen molar-refractivity contribution in [1.29, 1.82) is 0 Å². The van der Waals surface area contributed by atoms with Crippen molar-refractivity contribution in [2.24, 2.45) is 0 Å². The maximum Gasteiger partial charge on any atom is 0.275 e. The van der Waals surface area contributed by atoms with Crippen LogP contribution >= 0.6 is 27.3 Å². The molecule has 0 aliphatic rings. The van der Waals surface area contributed by atoms with Crippen molar-refractivity contribution >= 4 is 38.9 Å². The molecule has 0 spiro atoms. The molecule has 1 N–H and O–H groups in total. The van der Waals surface area contributed by atoms with Crippen LogP contribution in [0.25, 0.3) is 10.6 Å². The number of carbonyl (C=O) groups is 1. The molecule has 2 aromatic carbocycles. The molecule has 1 heterocycles. The molecule has 5 nitrogen and oxygen atoms in total. The van der Waals surface area contributed by atoms with Gasteiger partial charge in [0.15, 0.2) is 11.5 Å². The van der Waals surface area contributed by atoms with Crippen molar-refractivity contribution in [2.45, 2.75) is 0 Å².